The fourth-order valence-electron chi connectivity index (χ4n) is 1.70. The molecule has 1 heterocycles. The molecule has 0 aliphatic rings. The topological polar surface area (TPSA) is 45.2 Å². The minimum absolute atomic E-state index is 0.161. The summed E-state index contributed by atoms with van der Waals surface area (Å²) in [6, 6.07) is 11.9. The molecule has 0 bridgehead atoms. The minimum Gasteiger partial charge on any atom is -0.396 e. The molecule has 0 unspecified atom stereocenters. The summed E-state index contributed by atoms with van der Waals surface area (Å²) >= 11 is 0. The van der Waals surface area contributed by atoms with Crippen molar-refractivity contribution in [3.05, 3.63) is 53.7 Å². The largest absolute Gasteiger partial charge is 0.396 e. The van der Waals surface area contributed by atoms with E-state index in [0.29, 0.717) is 6.42 Å². The van der Waals surface area contributed by atoms with Gasteiger partial charge in [0.05, 0.1) is 0 Å². The number of aryl methyl sites for hydroxylation is 1. The van der Waals surface area contributed by atoms with E-state index in [1.807, 2.05) is 49.5 Å². The summed E-state index contributed by atoms with van der Waals surface area (Å²) in [5.41, 5.74) is 3.26. The predicted octanol–water partition coefficient (Wildman–Crippen LogP) is 2.67. The number of nitrogens with one attached hydrogen (secondary N) is 1. The molecule has 0 amide bonds. The van der Waals surface area contributed by atoms with E-state index in [2.05, 4.69) is 10.3 Å². The average Bonchev–Trinajstić information content (AvgIpc) is 2.34. The van der Waals surface area contributed by atoms with Gasteiger partial charge in [-0.15, -0.1) is 0 Å². The van der Waals surface area contributed by atoms with E-state index in [-0.39, 0.29) is 6.61 Å². The first-order valence-electron chi connectivity index (χ1n) is 5.68. The van der Waals surface area contributed by atoms with Gasteiger partial charge in [-0.25, -0.2) is 4.98 Å². The summed E-state index contributed by atoms with van der Waals surface area (Å²) in [5.74, 6) is 0.829. The summed E-state index contributed by atoms with van der Waals surface area (Å²) in [4.78, 5) is 4.33. The molecule has 3 nitrogen and oxygen atoms in total. The molecule has 1 aromatic carbocycles. The van der Waals surface area contributed by atoms with Gasteiger partial charge < -0.3 is 10.4 Å². The van der Waals surface area contributed by atoms with E-state index in [4.69, 9.17) is 5.11 Å². The molecule has 88 valence electrons. The van der Waals surface area contributed by atoms with Crippen molar-refractivity contribution < 1.29 is 5.11 Å². The third kappa shape index (κ3) is 3.04. The van der Waals surface area contributed by atoms with Crippen LogP contribution in [0.4, 0.5) is 11.5 Å². The number of rotatable bonds is 4. The molecule has 0 saturated carbocycles. The summed E-state index contributed by atoms with van der Waals surface area (Å²) in [6.45, 7) is 2.19. The van der Waals surface area contributed by atoms with Gasteiger partial charge >= 0.3 is 0 Å². The molecular formula is C14H16N2O. The van der Waals surface area contributed by atoms with Gasteiger partial charge in [-0.3, -0.25) is 0 Å². The van der Waals surface area contributed by atoms with Crippen LogP contribution in [0.15, 0.2) is 42.6 Å². The zero-order valence-corrected chi connectivity index (χ0v) is 9.85. The molecule has 0 spiro atoms. The number of hydrogen-bond donors (Lipinski definition) is 2. The van der Waals surface area contributed by atoms with Gasteiger partial charge in [0.2, 0.25) is 0 Å². The lowest BCUT2D eigenvalue weighted by Crippen LogP contribution is -1.99. The van der Waals surface area contributed by atoms with Crippen molar-refractivity contribution in [3.63, 3.8) is 0 Å². The Balaban J connectivity index is 2.15. The van der Waals surface area contributed by atoms with Crippen LogP contribution in [0.3, 0.4) is 0 Å². The molecule has 2 N–H and O–H groups in total. The van der Waals surface area contributed by atoms with Crippen molar-refractivity contribution in [2.24, 2.45) is 0 Å². The number of aliphatic hydroxyl groups excluding tert-OH is 1. The number of para-hydroxylation sites is 1. The SMILES string of the molecule is Cc1cc(Nc2ccccc2)ncc1CCO. The van der Waals surface area contributed by atoms with E-state index in [1.54, 1.807) is 0 Å². The van der Waals surface area contributed by atoms with Gasteiger partial charge in [-0.1, -0.05) is 18.2 Å². The second-order valence-electron chi connectivity index (χ2n) is 3.96. The van der Waals surface area contributed by atoms with Crippen molar-refractivity contribution in [3.8, 4) is 0 Å². The Morgan fingerprint density at radius 1 is 1.24 bits per heavy atom. The normalized spacial score (nSPS) is 10.2. The number of benzene rings is 1. The van der Waals surface area contributed by atoms with Gasteiger partial charge in [-0.2, -0.15) is 0 Å². The summed E-state index contributed by atoms with van der Waals surface area (Å²) < 4.78 is 0. The van der Waals surface area contributed by atoms with E-state index in [0.717, 1.165) is 22.6 Å². The first-order valence-corrected chi connectivity index (χ1v) is 5.68. The molecule has 0 atom stereocenters. The molecule has 0 saturated heterocycles. The Kier molecular flexibility index (Phi) is 3.73. The Bertz CT molecular complexity index is 483. The highest BCUT2D eigenvalue weighted by Gasteiger charge is 2.01. The lowest BCUT2D eigenvalue weighted by molar-refractivity contribution is 0.299. The number of nitrogens with zero attached hydrogens (tertiary/aromatic N) is 1. The van der Waals surface area contributed by atoms with Crippen molar-refractivity contribution in [2.45, 2.75) is 13.3 Å². The monoisotopic (exact) mass is 228 g/mol. The van der Waals surface area contributed by atoms with Gasteiger partial charge in [0, 0.05) is 18.5 Å². The highest BCUT2D eigenvalue weighted by atomic mass is 16.2. The number of aromatic nitrogens is 1. The van der Waals surface area contributed by atoms with Crippen LogP contribution in [0, 0.1) is 6.92 Å². The maximum atomic E-state index is 8.91. The van der Waals surface area contributed by atoms with Crippen LogP contribution in [-0.4, -0.2) is 16.7 Å². The molecule has 0 aliphatic carbocycles. The van der Waals surface area contributed by atoms with Crippen LogP contribution in [0.25, 0.3) is 0 Å². The fraction of sp³-hybridized carbons (Fsp3) is 0.214. The van der Waals surface area contributed by atoms with E-state index in [1.165, 1.54) is 0 Å². The molecule has 2 rings (SSSR count). The first kappa shape index (κ1) is 11.6. The van der Waals surface area contributed by atoms with Gasteiger partial charge in [0.15, 0.2) is 0 Å². The van der Waals surface area contributed by atoms with Crippen molar-refractivity contribution >= 4 is 11.5 Å². The van der Waals surface area contributed by atoms with Crippen LogP contribution in [-0.2, 0) is 6.42 Å². The molecule has 0 aliphatic heterocycles. The number of pyridine rings is 1. The molecule has 3 heteroatoms. The van der Waals surface area contributed by atoms with Gasteiger partial charge in [-0.05, 0) is 42.7 Å². The maximum Gasteiger partial charge on any atom is 0.130 e. The fourth-order valence-corrected chi connectivity index (χ4v) is 1.70. The van der Waals surface area contributed by atoms with E-state index in [9.17, 15) is 0 Å². The van der Waals surface area contributed by atoms with Crippen LogP contribution in [0.2, 0.25) is 0 Å². The van der Waals surface area contributed by atoms with Crippen LogP contribution in [0.1, 0.15) is 11.1 Å². The molecule has 17 heavy (non-hydrogen) atoms. The zero-order valence-electron chi connectivity index (χ0n) is 9.85. The second-order valence-corrected chi connectivity index (χ2v) is 3.96. The van der Waals surface area contributed by atoms with Crippen LogP contribution >= 0.6 is 0 Å². The van der Waals surface area contributed by atoms with Gasteiger partial charge in [0.25, 0.3) is 0 Å². The van der Waals surface area contributed by atoms with Crippen LogP contribution < -0.4 is 5.32 Å². The zero-order chi connectivity index (χ0) is 12.1. The number of hydrogen-bond acceptors (Lipinski definition) is 3. The standard InChI is InChI=1S/C14H16N2O/c1-11-9-14(15-10-12(11)7-8-17)16-13-5-3-2-4-6-13/h2-6,9-10,17H,7-8H2,1H3,(H,15,16). The van der Waals surface area contributed by atoms with Crippen molar-refractivity contribution in [1.82, 2.24) is 4.98 Å². The first-order chi connectivity index (χ1) is 8.29. The molecule has 0 fully saturated rings. The molecule has 2 aromatic rings. The maximum absolute atomic E-state index is 8.91. The van der Waals surface area contributed by atoms with Crippen LogP contribution in [0.5, 0.6) is 0 Å². The average molecular weight is 228 g/mol. The highest BCUT2D eigenvalue weighted by molar-refractivity contribution is 5.56. The predicted molar refractivity (Wildman–Crippen MR) is 69.5 cm³/mol. The highest BCUT2D eigenvalue weighted by Crippen LogP contribution is 2.17. The summed E-state index contributed by atoms with van der Waals surface area (Å²) in [7, 11) is 0. The molecule has 0 radical (unpaired) electrons. The Hall–Kier alpha value is -1.87. The Labute approximate surface area is 101 Å². The number of anilines is 2. The molecule has 1 aromatic heterocycles. The third-order valence-corrected chi connectivity index (χ3v) is 2.65. The van der Waals surface area contributed by atoms with E-state index >= 15 is 0 Å². The van der Waals surface area contributed by atoms with E-state index < -0.39 is 0 Å². The Morgan fingerprint density at radius 2 is 2.00 bits per heavy atom. The lowest BCUT2D eigenvalue weighted by Gasteiger charge is -2.08. The number of aliphatic hydroxyl groups is 1. The minimum atomic E-state index is 0.161. The smallest absolute Gasteiger partial charge is 0.130 e. The molecular weight excluding hydrogens is 212 g/mol. The van der Waals surface area contributed by atoms with Crippen molar-refractivity contribution in [1.29, 1.82) is 0 Å². The lowest BCUT2D eigenvalue weighted by atomic mass is 10.1. The van der Waals surface area contributed by atoms with Gasteiger partial charge in [0.1, 0.15) is 5.82 Å². The summed E-state index contributed by atoms with van der Waals surface area (Å²) in [5, 5.41) is 12.1. The van der Waals surface area contributed by atoms with Crippen molar-refractivity contribution in [2.75, 3.05) is 11.9 Å². The summed E-state index contributed by atoms with van der Waals surface area (Å²) in [6.07, 6.45) is 2.47. The second kappa shape index (κ2) is 5.46. The Morgan fingerprint density at radius 3 is 2.65 bits per heavy atom. The quantitative estimate of drug-likeness (QED) is 0.845. The third-order valence-electron chi connectivity index (χ3n) is 2.65.